The van der Waals surface area contributed by atoms with Crippen LogP contribution in [0.25, 0.3) is 0 Å². The summed E-state index contributed by atoms with van der Waals surface area (Å²) in [5.41, 5.74) is -1.38. The zero-order valence-electron chi connectivity index (χ0n) is 16.6. The summed E-state index contributed by atoms with van der Waals surface area (Å²) in [6.07, 6.45) is -13.8. The first-order chi connectivity index (χ1) is 15.2. The number of halogens is 9. The van der Waals surface area contributed by atoms with Gasteiger partial charge in [-0.15, -0.1) is 6.58 Å². The SMILES string of the molecule is C=C[Si](c1ccc(C(F)(F)F)cc1)(c1ccc(C(F)(F)F)cc1)c1ccc(C(F)(F)F)cc1. The molecule has 3 aromatic carbocycles. The Labute approximate surface area is 184 Å². The van der Waals surface area contributed by atoms with Crippen molar-refractivity contribution < 1.29 is 39.5 Å². The molecule has 0 radical (unpaired) electrons. The molecule has 0 heterocycles. The Kier molecular flexibility index (Phi) is 6.27. The Balaban J connectivity index is 2.24. The standard InChI is InChI=1S/C23H15F9Si/c1-2-33(18-9-3-15(4-10-18)21(24,25)26,19-11-5-16(6-12-19)22(27,28)29)20-13-7-17(8-14-20)23(30,31)32/h2-14H,1H2. The van der Waals surface area contributed by atoms with Gasteiger partial charge in [0.25, 0.3) is 0 Å². The number of rotatable bonds is 4. The fraction of sp³-hybridized carbons (Fsp3) is 0.130. The third-order valence-corrected chi connectivity index (χ3v) is 9.65. The fourth-order valence-corrected chi connectivity index (χ4v) is 7.40. The molecule has 0 aliphatic rings. The van der Waals surface area contributed by atoms with E-state index in [-0.39, 0.29) is 0 Å². The minimum atomic E-state index is -4.61. The van der Waals surface area contributed by atoms with Crippen LogP contribution in [-0.4, -0.2) is 8.07 Å². The molecule has 0 amide bonds. The lowest BCUT2D eigenvalue weighted by molar-refractivity contribution is -0.138. The van der Waals surface area contributed by atoms with E-state index in [2.05, 4.69) is 6.58 Å². The van der Waals surface area contributed by atoms with Crippen molar-refractivity contribution in [3.05, 3.63) is 102 Å². The number of benzene rings is 3. The summed E-state index contributed by atoms with van der Waals surface area (Å²) < 4.78 is 117. The molecule has 0 nitrogen and oxygen atoms in total. The average molecular weight is 490 g/mol. The van der Waals surface area contributed by atoms with Crippen molar-refractivity contribution in [1.29, 1.82) is 0 Å². The predicted molar refractivity (Wildman–Crippen MR) is 109 cm³/mol. The third kappa shape index (κ3) is 4.85. The smallest absolute Gasteiger partial charge is 0.166 e. The summed E-state index contributed by atoms with van der Waals surface area (Å²) in [6.45, 7) is 3.77. The van der Waals surface area contributed by atoms with Crippen LogP contribution in [0.4, 0.5) is 39.5 Å². The van der Waals surface area contributed by atoms with Crippen molar-refractivity contribution in [2.75, 3.05) is 0 Å². The minimum Gasteiger partial charge on any atom is -0.166 e. The van der Waals surface area contributed by atoms with E-state index < -0.39 is 43.3 Å². The van der Waals surface area contributed by atoms with E-state index >= 15 is 0 Å². The summed E-state index contributed by atoms with van der Waals surface area (Å²) in [5, 5.41) is 0.972. The third-order valence-electron chi connectivity index (χ3n) is 5.31. The van der Waals surface area contributed by atoms with Gasteiger partial charge in [-0.2, -0.15) is 39.5 Å². The normalized spacial score (nSPS) is 13.1. The van der Waals surface area contributed by atoms with E-state index in [1.165, 1.54) is 42.1 Å². The fourth-order valence-electron chi connectivity index (χ4n) is 3.62. The molecule has 3 aromatic rings. The van der Waals surface area contributed by atoms with E-state index in [0.29, 0.717) is 15.6 Å². The molecule has 0 N–H and O–H groups in total. The molecule has 0 aliphatic carbocycles. The summed E-state index contributed by atoms with van der Waals surface area (Å²) in [6, 6.07) is 12.1. The maximum absolute atomic E-state index is 13.0. The van der Waals surface area contributed by atoms with Gasteiger partial charge in [0.1, 0.15) is 0 Å². The van der Waals surface area contributed by atoms with Crippen molar-refractivity contribution in [2.24, 2.45) is 0 Å². The molecule has 10 heteroatoms. The quantitative estimate of drug-likeness (QED) is 0.241. The van der Waals surface area contributed by atoms with Crippen LogP contribution < -0.4 is 15.6 Å². The Morgan fingerprint density at radius 1 is 0.455 bits per heavy atom. The van der Waals surface area contributed by atoms with Gasteiger partial charge in [0.05, 0.1) is 16.7 Å². The van der Waals surface area contributed by atoms with Crippen LogP contribution in [0, 0.1) is 0 Å². The molecule has 174 valence electrons. The van der Waals surface area contributed by atoms with Gasteiger partial charge in [-0.05, 0) is 15.6 Å². The number of hydrogen-bond donors (Lipinski definition) is 0. The van der Waals surface area contributed by atoms with Gasteiger partial charge in [0.2, 0.25) is 0 Å². The largest absolute Gasteiger partial charge is 0.416 e. The second kappa shape index (κ2) is 8.40. The molecule has 0 fully saturated rings. The van der Waals surface area contributed by atoms with Crippen LogP contribution in [0.1, 0.15) is 16.7 Å². The predicted octanol–water partition coefficient (Wildman–Crippen LogP) is 5.94. The lowest BCUT2D eigenvalue weighted by Gasteiger charge is -2.31. The van der Waals surface area contributed by atoms with Gasteiger partial charge in [0, 0.05) is 0 Å². The summed E-state index contributed by atoms with van der Waals surface area (Å²) >= 11 is 0. The summed E-state index contributed by atoms with van der Waals surface area (Å²) in [5.74, 6) is 0. The summed E-state index contributed by atoms with van der Waals surface area (Å²) in [4.78, 5) is 0. The molecule has 0 atom stereocenters. The topological polar surface area (TPSA) is 0 Å². The highest BCUT2D eigenvalue weighted by Crippen LogP contribution is 2.31. The Morgan fingerprint density at radius 3 is 0.818 bits per heavy atom. The molecule has 0 saturated carbocycles. The molecule has 3 rings (SSSR count). The first-order valence-electron chi connectivity index (χ1n) is 9.36. The van der Waals surface area contributed by atoms with Crippen LogP contribution >= 0.6 is 0 Å². The molecule has 0 aliphatic heterocycles. The maximum Gasteiger partial charge on any atom is 0.416 e. The Morgan fingerprint density at radius 2 is 0.667 bits per heavy atom. The molecule has 0 saturated heterocycles. The van der Waals surface area contributed by atoms with E-state index in [1.54, 1.807) is 0 Å². The van der Waals surface area contributed by atoms with Crippen LogP contribution in [-0.2, 0) is 18.5 Å². The van der Waals surface area contributed by atoms with Gasteiger partial charge in [0.15, 0.2) is 8.07 Å². The van der Waals surface area contributed by atoms with Gasteiger partial charge in [-0.1, -0.05) is 78.5 Å². The zero-order valence-corrected chi connectivity index (χ0v) is 17.6. The van der Waals surface area contributed by atoms with E-state index in [0.717, 1.165) is 36.4 Å². The molecular weight excluding hydrogens is 475 g/mol. The van der Waals surface area contributed by atoms with Crippen molar-refractivity contribution in [2.45, 2.75) is 18.5 Å². The number of alkyl halides is 9. The highest BCUT2D eigenvalue weighted by atomic mass is 28.3. The maximum atomic E-state index is 13.0. The molecular formula is C23H15F9Si. The van der Waals surface area contributed by atoms with Gasteiger partial charge in [-0.3, -0.25) is 0 Å². The van der Waals surface area contributed by atoms with Crippen LogP contribution in [0.15, 0.2) is 85.1 Å². The van der Waals surface area contributed by atoms with Crippen LogP contribution in [0.2, 0.25) is 0 Å². The molecule has 0 aromatic heterocycles. The van der Waals surface area contributed by atoms with Crippen molar-refractivity contribution in [3.8, 4) is 0 Å². The van der Waals surface area contributed by atoms with Crippen LogP contribution in [0.5, 0.6) is 0 Å². The van der Waals surface area contributed by atoms with Crippen LogP contribution in [0.3, 0.4) is 0 Å². The first-order valence-corrected chi connectivity index (χ1v) is 11.4. The Hall–Kier alpha value is -3.01. The van der Waals surface area contributed by atoms with Crippen molar-refractivity contribution in [3.63, 3.8) is 0 Å². The van der Waals surface area contributed by atoms with E-state index in [9.17, 15) is 39.5 Å². The molecule has 33 heavy (non-hydrogen) atoms. The van der Waals surface area contributed by atoms with E-state index in [4.69, 9.17) is 0 Å². The Bertz CT molecular complexity index is 966. The highest BCUT2D eigenvalue weighted by Gasteiger charge is 2.40. The second-order valence-corrected chi connectivity index (χ2v) is 11.0. The molecule has 0 bridgehead atoms. The monoisotopic (exact) mass is 490 g/mol. The van der Waals surface area contributed by atoms with Gasteiger partial charge >= 0.3 is 18.5 Å². The minimum absolute atomic E-state index is 0.324. The van der Waals surface area contributed by atoms with Crippen molar-refractivity contribution in [1.82, 2.24) is 0 Å². The first kappa shape index (κ1) is 24.6. The van der Waals surface area contributed by atoms with Gasteiger partial charge < -0.3 is 0 Å². The van der Waals surface area contributed by atoms with Gasteiger partial charge in [-0.25, -0.2) is 0 Å². The average Bonchev–Trinajstić information content (AvgIpc) is 2.74. The summed E-state index contributed by atoms with van der Waals surface area (Å²) in [7, 11) is -3.48. The lowest BCUT2D eigenvalue weighted by Crippen LogP contribution is -2.66. The molecule has 0 unspecified atom stereocenters. The lowest BCUT2D eigenvalue weighted by atomic mass is 10.2. The second-order valence-electron chi connectivity index (χ2n) is 7.24. The number of hydrogen-bond acceptors (Lipinski definition) is 0. The zero-order chi connectivity index (χ0) is 24.7. The van der Waals surface area contributed by atoms with E-state index in [1.807, 2.05) is 0 Å². The van der Waals surface area contributed by atoms with Crippen molar-refractivity contribution >= 4 is 23.6 Å². The highest BCUT2D eigenvalue weighted by molar-refractivity contribution is 7.14. The molecule has 0 spiro atoms.